The molecule has 1 aliphatic carbocycles. The number of anilines is 1. The summed E-state index contributed by atoms with van der Waals surface area (Å²) in [4.78, 5) is 19.9. The molecule has 3 aromatic rings. The van der Waals surface area contributed by atoms with Crippen LogP contribution in [0.1, 0.15) is 68.7 Å². The zero-order valence-corrected chi connectivity index (χ0v) is 19.3. The molecule has 0 saturated heterocycles. The first-order valence-electron chi connectivity index (χ1n) is 11.2. The van der Waals surface area contributed by atoms with E-state index in [2.05, 4.69) is 29.1 Å². The second-order valence-corrected chi connectivity index (χ2v) is 9.17. The average Bonchev–Trinajstić information content (AvgIpc) is 3.21. The van der Waals surface area contributed by atoms with Gasteiger partial charge in [0.2, 0.25) is 0 Å². The minimum Gasteiger partial charge on any atom is -0.494 e. The lowest BCUT2D eigenvalue weighted by Crippen LogP contribution is -2.21. The number of ether oxygens (including phenoxy) is 1. The second kappa shape index (κ2) is 9.03. The topological polar surface area (TPSA) is 81.9 Å². The molecule has 176 valence electrons. The molecule has 0 unspecified atom stereocenters. The molecule has 4 rings (SSSR count). The van der Waals surface area contributed by atoms with Crippen molar-refractivity contribution >= 4 is 22.5 Å². The number of aromatic nitrogens is 4. The van der Waals surface area contributed by atoms with Crippen LogP contribution in [0.3, 0.4) is 0 Å². The third-order valence-corrected chi connectivity index (χ3v) is 6.46. The summed E-state index contributed by atoms with van der Waals surface area (Å²) >= 11 is 0. The number of hydrogen-bond donors (Lipinski definition) is 1. The van der Waals surface area contributed by atoms with E-state index in [4.69, 9.17) is 9.84 Å². The number of methoxy groups -OCH3 is 1. The third-order valence-electron chi connectivity index (χ3n) is 6.46. The summed E-state index contributed by atoms with van der Waals surface area (Å²) in [5.41, 5.74) is 1.32. The van der Waals surface area contributed by atoms with Crippen LogP contribution in [0.5, 0.6) is 5.75 Å². The SMILES string of the molecule is COc1cc2nn(C3CCC(C(C)C)CC3)cc2cc1NC(=O)c1cnc(C(C)(F)F)nc1. The van der Waals surface area contributed by atoms with Gasteiger partial charge in [-0.2, -0.15) is 13.9 Å². The molecule has 1 N–H and O–H groups in total. The lowest BCUT2D eigenvalue weighted by molar-refractivity contribution is 0.00760. The van der Waals surface area contributed by atoms with Crippen LogP contribution < -0.4 is 10.1 Å². The van der Waals surface area contributed by atoms with Crippen molar-refractivity contribution < 1.29 is 18.3 Å². The molecule has 0 aliphatic heterocycles. The maximum Gasteiger partial charge on any atom is 0.303 e. The number of carbonyl (C=O) groups is 1. The van der Waals surface area contributed by atoms with Gasteiger partial charge in [0, 0.05) is 37.0 Å². The number of nitrogens with one attached hydrogen (secondary N) is 1. The maximum atomic E-state index is 13.3. The van der Waals surface area contributed by atoms with Gasteiger partial charge in [-0.15, -0.1) is 0 Å². The number of halogens is 2. The minimum atomic E-state index is -3.17. The molecule has 1 fully saturated rings. The molecular weight excluding hydrogens is 428 g/mol. The van der Waals surface area contributed by atoms with Gasteiger partial charge >= 0.3 is 5.92 Å². The molecule has 1 aliphatic rings. The Morgan fingerprint density at radius 2 is 1.85 bits per heavy atom. The summed E-state index contributed by atoms with van der Waals surface area (Å²) in [6.07, 6.45) is 8.79. The van der Waals surface area contributed by atoms with Crippen molar-refractivity contribution in [3.63, 3.8) is 0 Å². The van der Waals surface area contributed by atoms with Crippen molar-refractivity contribution in [1.29, 1.82) is 0 Å². The monoisotopic (exact) mass is 457 g/mol. The zero-order valence-electron chi connectivity index (χ0n) is 19.3. The number of alkyl halides is 2. The molecule has 0 spiro atoms. The Hall–Kier alpha value is -3.10. The van der Waals surface area contributed by atoms with E-state index >= 15 is 0 Å². The lowest BCUT2D eigenvalue weighted by atomic mass is 9.80. The van der Waals surface area contributed by atoms with Crippen LogP contribution in [0.15, 0.2) is 30.7 Å². The van der Waals surface area contributed by atoms with Crippen LogP contribution >= 0.6 is 0 Å². The molecule has 33 heavy (non-hydrogen) atoms. The van der Waals surface area contributed by atoms with E-state index in [0.717, 1.165) is 42.1 Å². The predicted molar refractivity (Wildman–Crippen MR) is 122 cm³/mol. The Bertz CT molecular complexity index is 1130. The van der Waals surface area contributed by atoms with Gasteiger partial charge in [0.1, 0.15) is 5.75 Å². The minimum absolute atomic E-state index is 0.0720. The van der Waals surface area contributed by atoms with Gasteiger partial charge in [-0.05, 0) is 43.6 Å². The van der Waals surface area contributed by atoms with Crippen LogP contribution in [0.25, 0.3) is 10.9 Å². The van der Waals surface area contributed by atoms with Crippen molar-refractivity contribution in [2.45, 2.75) is 58.4 Å². The van der Waals surface area contributed by atoms with Crippen molar-refractivity contribution in [3.05, 3.63) is 42.1 Å². The van der Waals surface area contributed by atoms with E-state index in [1.165, 1.54) is 20.0 Å². The first-order chi connectivity index (χ1) is 15.7. The molecule has 1 aromatic carbocycles. The first-order valence-corrected chi connectivity index (χ1v) is 11.2. The summed E-state index contributed by atoms with van der Waals surface area (Å²) in [5.74, 6) is -2.38. The van der Waals surface area contributed by atoms with Crippen molar-refractivity contribution in [3.8, 4) is 5.75 Å². The Morgan fingerprint density at radius 1 is 1.18 bits per heavy atom. The largest absolute Gasteiger partial charge is 0.494 e. The van der Waals surface area contributed by atoms with Crippen LogP contribution in [-0.4, -0.2) is 32.8 Å². The van der Waals surface area contributed by atoms with Gasteiger partial charge in [-0.3, -0.25) is 9.48 Å². The number of benzene rings is 1. The van der Waals surface area contributed by atoms with Gasteiger partial charge in [0.15, 0.2) is 5.82 Å². The number of amides is 1. The van der Waals surface area contributed by atoms with Gasteiger partial charge in [0.25, 0.3) is 5.91 Å². The van der Waals surface area contributed by atoms with Crippen molar-refractivity contribution in [2.75, 3.05) is 12.4 Å². The molecule has 0 radical (unpaired) electrons. The summed E-state index contributed by atoms with van der Waals surface area (Å²) in [6.45, 7) is 5.28. The Balaban J connectivity index is 1.54. The number of nitrogens with zero attached hydrogens (tertiary/aromatic N) is 4. The molecule has 2 heterocycles. The van der Waals surface area contributed by atoms with Crippen LogP contribution in [-0.2, 0) is 5.92 Å². The van der Waals surface area contributed by atoms with Crippen LogP contribution in [0.4, 0.5) is 14.5 Å². The van der Waals surface area contributed by atoms with Gasteiger partial charge < -0.3 is 10.1 Å². The average molecular weight is 458 g/mol. The fraction of sp³-hybridized carbons (Fsp3) is 0.500. The highest BCUT2D eigenvalue weighted by atomic mass is 19.3. The fourth-order valence-corrected chi connectivity index (χ4v) is 4.42. The Labute approximate surface area is 191 Å². The Morgan fingerprint density at radius 3 is 2.42 bits per heavy atom. The second-order valence-electron chi connectivity index (χ2n) is 9.17. The highest BCUT2D eigenvalue weighted by Crippen LogP contribution is 2.37. The van der Waals surface area contributed by atoms with E-state index in [0.29, 0.717) is 30.3 Å². The highest BCUT2D eigenvalue weighted by molar-refractivity contribution is 6.05. The molecule has 0 atom stereocenters. The zero-order chi connectivity index (χ0) is 23.8. The molecule has 1 amide bonds. The molecule has 1 saturated carbocycles. The Kier molecular flexibility index (Phi) is 6.32. The van der Waals surface area contributed by atoms with E-state index < -0.39 is 17.7 Å². The lowest BCUT2D eigenvalue weighted by Gasteiger charge is -2.30. The highest BCUT2D eigenvalue weighted by Gasteiger charge is 2.28. The smallest absolute Gasteiger partial charge is 0.303 e. The molecular formula is C24H29F2N5O2. The molecule has 2 aromatic heterocycles. The normalized spacial score (nSPS) is 19.1. The van der Waals surface area contributed by atoms with E-state index in [1.807, 2.05) is 16.9 Å². The number of hydrogen-bond acceptors (Lipinski definition) is 5. The van der Waals surface area contributed by atoms with Crippen LogP contribution in [0.2, 0.25) is 0 Å². The summed E-state index contributed by atoms with van der Waals surface area (Å²) in [6, 6.07) is 3.96. The summed E-state index contributed by atoms with van der Waals surface area (Å²) < 4.78 is 34.1. The van der Waals surface area contributed by atoms with Crippen molar-refractivity contribution in [2.24, 2.45) is 11.8 Å². The number of carbonyl (C=O) groups excluding carboxylic acids is 1. The van der Waals surface area contributed by atoms with Gasteiger partial charge in [-0.25, -0.2) is 9.97 Å². The predicted octanol–water partition coefficient (Wildman–Crippen LogP) is 5.59. The van der Waals surface area contributed by atoms with Crippen LogP contribution in [0, 0.1) is 11.8 Å². The molecule has 7 nitrogen and oxygen atoms in total. The fourth-order valence-electron chi connectivity index (χ4n) is 4.42. The van der Waals surface area contributed by atoms with Gasteiger partial charge in [0.05, 0.1) is 29.9 Å². The standard InChI is InChI=1S/C24H29F2N5O2/c1-14(2)15-5-7-18(8-6-15)31-13-16-9-20(21(33-4)10-19(16)30-31)29-22(32)17-11-27-23(28-12-17)24(3,25)26/h9-15,18H,5-8H2,1-4H3,(H,29,32). The van der Waals surface area contributed by atoms with E-state index in [1.54, 1.807) is 6.07 Å². The van der Waals surface area contributed by atoms with Gasteiger partial charge in [-0.1, -0.05) is 13.8 Å². The third kappa shape index (κ3) is 4.96. The molecule has 9 heteroatoms. The maximum absolute atomic E-state index is 13.3. The molecule has 0 bridgehead atoms. The quantitative estimate of drug-likeness (QED) is 0.522. The summed E-state index contributed by atoms with van der Waals surface area (Å²) in [7, 11) is 1.52. The van der Waals surface area contributed by atoms with Crippen molar-refractivity contribution in [1.82, 2.24) is 19.7 Å². The van der Waals surface area contributed by atoms with E-state index in [-0.39, 0.29) is 5.56 Å². The first kappa shape index (κ1) is 23.1. The van der Waals surface area contributed by atoms with E-state index in [9.17, 15) is 13.6 Å². The number of rotatable bonds is 6. The number of fused-ring (bicyclic) bond motifs is 1. The summed E-state index contributed by atoms with van der Waals surface area (Å²) in [5, 5.41) is 8.41.